The molecule has 1 atom stereocenters. The van der Waals surface area contributed by atoms with Crippen LogP contribution in [0.3, 0.4) is 0 Å². The van der Waals surface area contributed by atoms with Gasteiger partial charge in [-0.25, -0.2) is 0 Å². The number of rotatable bonds is 6. The predicted octanol–water partition coefficient (Wildman–Crippen LogP) is -0.321. The zero-order chi connectivity index (χ0) is 12.7. The third kappa shape index (κ3) is 5.48. The zero-order valence-corrected chi connectivity index (χ0v) is 11.2. The van der Waals surface area contributed by atoms with Crippen LogP contribution in [0.2, 0.25) is 0 Å². The van der Waals surface area contributed by atoms with Crippen molar-refractivity contribution in [1.29, 1.82) is 0 Å². The maximum atomic E-state index is 11.4. The summed E-state index contributed by atoms with van der Waals surface area (Å²) in [6, 6.07) is 0. The summed E-state index contributed by atoms with van der Waals surface area (Å²) in [5.74, 6) is 0.139. The van der Waals surface area contributed by atoms with Crippen molar-refractivity contribution in [2.24, 2.45) is 5.92 Å². The highest BCUT2D eigenvalue weighted by atomic mass is 16.5. The first kappa shape index (κ1) is 14.4. The number of likely N-dealkylation sites (N-methyl/N-ethyl adjacent to an activating group) is 1. The maximum Gasteiger partial charge on any atom is 0.222 e. The number of morpholine rings is 1. The van der Waals surface area contributed by atoms with Crippen LogP contribution in [-0.2, 0) is 9.53 Å². The summed E-state index contributed by atoms with van der Waals surface area (Å²) in [4.78, 5) is 13.8. The average molecular weight is 243 g/mol. The first-order valence-corrected chi connectivity index (χ1v) is 6.39. The molecule has 0 spiro atoms. The molecule has 17 heavy (non-hydrogen) atoms. The fourth-order valence-electron chi connectivity index (χ4n) is 1.80. The molecular formula is C12H25N3O2. The van der Waals surface area contributed by atoms with E-state index >= 15 is 0 Å². The van der Waals surface area contributed by atoms with Gasteiger partial charge in [-0.1, -0.05) is 13.8 Å². The Kier molecular flexibility index (Phi) is 6.47. The summed E-state index contributed by atoms with van der Waals surface area (Å²) in [7, 11) is 1.96. The van der Waals surface area contributed by atoms with Gasteiger partial charge in [-0.2, -0.15) is 0 Å². The molecule has 0 aromatic rings. The van der Waals surface area contributed by atoms with Crippen LogP contribution in [0.4, 0.5) is 0 Å². The van der Waals surface area contributed by atoms with Crippen molar-refractivity contribution < 1.29 is 9.53 Å². The topological polar surface area (TPSA) is 53.6 Å². The van der Waals surface area contributed by atoms with Crippen molar-refractivity contribution in [2.45, 2.75) is 20.0 Å². The van der Waals surface area contributed by atoms with E-state index < -0.39 is 0 Å². The molecular weight excluding hydrogens is 218 g/mol. The minimum absolute atomic E-state index is 0.0407. The molecule has 0 bridgehead atoms. The first-order valence-electron chi connectivity index (χ1n) is 6.39. The number of amides is 1. The number of nitrogens with one attached hydrogen (secondary N) is 2. The smallest absolute Gasteiger partial charge is 0.222 e. The minimum atomic E-state index is 0.0407. The van der Waals surface area contributed by atoms with Gasteiger partial charge in [0.15, 0.2) is 0 Å². The van der Waals surface area contributed by atoms with E-state index in [1.54, 1.807) is 0 Å². The average Bonchev–Trinajstić information content (AvgIpc) is 2.33. The lowest BCUT2D eigenvalue weighted by Gasteiger charge is -2.33. The summed E-state index contributed by atoms with van der Waals surface area (Å²) in [5, 5.41) is 6.06. The SMILES string of the molecule is CNCCN1CCOC(CNC(=O)C(C)C)C1. The molecule has 1 aliphatic heterocycles. The Morgan fingerprint density at radius 1 is 1.53 bits per heavy atom. The Balaban J connectivity index is 2.22. The van der Waals surface area contributed by atoms with E-state index in [0.29, 0.717) is 6.54 Å². The summed E-state index contributed by atoms with van der Waals surface area (Å²) >= 11 is 0. The van der Waals surface area contributed by atoms with Gasteiger partial charge in [-0.3, -0.25) is 9.69 Å². The Labute approximate surface area is 104 Å². The molecule has 0 aromatic carbocycles. The number of carbonyl (C=O) groups is 1. The molecule has 5 nitrogen and oxygen atoms in total. The quantitative estimate of drug-likeness (QED) is 0.671. The van der Waals surface area contributed by atoms with Gasteiger partial charge in [-0.05, 0) is 7.05 Å². The highest BCUT2D eigenvalue weighted by molar-refractivity contribution is 5.77. The van der Waals surface area contributed by atoms with E-state index in [0.717, 1.165) is 32.8 Å². The van der Waals surface area contributed by atoms with Crippen molar-refractivity contribution >= 4 is 5.91 Å². The van der Waals surface area contributed by atoms with Crippen LogP contribution in [0, 0.1) is 5.92 Å². The third-order valence-electron chi connectivity index (χ3n) is 2.93. The molecule has 5 heteroatoms. The summed E-state index contributed by atoms with van der Waals surface area (Å²) in [5.41, 5.74) is 0. The molecule has 1 amide bonds. The van der Waals surface area contributed by atoms with E-state index in [-0.39, 0.29) is 17.9 Å². The normalized spacial score (nSPS) is 21.8. The van der Waals surface area contributed by atoms with E-state index in [1.165, 1.54) is 0 Å². The van der Waals surface area contributed by atoms with Crippen LogP contribution in [0.15, 0.2) is 0 Å². The molecule has 2 N–H and O–H groups in total. The van der Waals surface area contributed by atoms with Crippen LogP contribution < -0.4 is 10.6 Å². The number of ether oxygens (including phenoxy) is 1. The lowest BCUT2D eigenvalue weighted by atomic mass is 10.2. The van der Waals surface area contributed by atoms with Gasteiger partial charge in [0.25, 0.3) is 0 Å². The molecule has 1 heterocycles. The molecule has 1 unspecified atom stereocenters. The molecule has 1 fully saturated rings. The third-order valence-corrected chi connectivity index (χ3v) is 2.93. The zero-order valence-electron chi connectivity index (χ0n) is 11.2. The van der Waals surface area contributed by atoms with Crippen LogP contribution in [0.25, 0.3) is 0 Å². The van der Waals surface area contributed by atoms with Gasteiger partial charge in [0, 0.05) is 38.6 Å². The van der Waals surface area contributed by atoms with Gasteiger partial charge in [0.05, 0.1) is 12.7 Å². The molecule has 1 saturated heterocycles. The summed E-state index contributed by atoms with van der Waals surface area (Å²) < 4.78 is 5.64. The maximum absolute atomic E-state index is 11.4. The van der Waals surface area contributed by atoms with Crippen molar-refractivity contribution in [1.82, 2.24) is 15.5 Å². The van der Waals surface area contributed by atoms with E-state index in [4.69, 9.17) is 4.74 Å². The molecule has 0 radical (unpaired) electrons. The first-order chi connectivity index (χ1) is 8.13. The van der Waals surface area contributed by atoms with Gasteiger partial charge < -0.3 is 15.4 Å². The number of carbonyl (C=O) groups excluding carboxylic acids is 1. The number of hydrogen-bond acceptors (Lipinski definition) is 4. The lowest BCUT2D eigenvalue weighted by molar-refractivity contribution is -0.125. The van der Waals surface area contributed by atoms with Gasteiger partial charge >= 0.3 is 0 Å². The minimum Gasteiger partial charge on any atom is -0.374 e. The Hall–Kier alpha value is -0.650. The molecule has 1 aliphatic rings. The Bertz CT molecular complexity index is 234. The second-order valence-electron chi connectivity index (χ2n) is 4.80. The van der Waals surface area contributed by atoms with Crippen LogP contribution in [-0.4, -0.2) is 63.3 Å². The molecule has 0 aromatic heterocycles. The summed E-state index contributed by atoms with van der Waals surface area (Å²) in [6.07, 6.45) is 0.128. The highest BCUT2D eigenvalue weighted by Gasteiger charge is 2.20. The predicted molar refractivity (Wildman–Crippen MR) is 68.0 cm³/mol. The number of hydrogen-bond donors (Lipinski definition) is 2. The molecule has 100 valence electrons. The second kappa shape index (κ2) is 7.63. The Morgan fingerprint density at radius 3 is 2.94 bits per heavy atom. The molecule has 1 rings (SSSR count). The second-order valence-corrected chi connectivity index (χ2v) is 4.80. The Morgan fingerprint density at radius 2 is 2.29 bits per heavy atom. The summed E-state index contributed by atoms with van der Waals surface area (Å²) in [6.45, 7) is 9.08. The highest BCUT2D eigenvalue weighted by Crippen LogP contribution is 2.04. The van der Waals surface area contributed by atoms with Crippen molar-refractivity contribution in [3.63, 3.8) is 0 Å². The van der Waals surface area contributed by atoms with Crippen molar-refractivity contribution in [3.8, 4) is 0 Å². The van der Waals surface area contributed by atoms with Crippen molar-refractivity contribution in [2.75, 3.05) is 46.4 Å². The number of nitrogens with zero attached hydrogens (tertiary/aromatic N) is 1. The van der Waals surface area contributed by atoms with E-state index in [2.05, 4.69) is 15.5 Å². The molecule has 0 saturated carbocycles. The van der Waals surface area contributed by atoms with Crippen LogP contribution in [0.1, 0.15) is 13.8 Å². The van der Waals surface area contributed by atoms with Gasteiger partial charge in [-0.15, -0.1) is 0 Å². The standard InChI is InChI=1S/C12H25N3O2/c1-10(2)12(16)14-8-11-9-15(5-4-13-3)6-7-17-11/h10-11,13H,4-9H2,1-3H3,(H,14,16). The van der Waals surface area contributed by atoms with E-state index in [9.17, 15) is 4.79 Å². The van der Waals surface area contributed by atoms with Crippen LogP contribution >= 0.6 is 0 Å². The lowest BCUT2D eigenvalue weighted by Crippen LogP contribution is -2.49. The van der Waals surface area contributed by atoms with Gasteiger partial charge in [0.2, 0.25) is 5.91 Å². The van der Waals surface area contributed by atoms with E-state index in [1.807, 2.05) is 20.9 Å². The van der Waals surface area contributed by atoms with Gasteiger partial charge in [0.1, 0.15) is 0 Å². The monoisotopic (exact) mass is 243 g/mol. The largest absolute Gasteiger partial charge is 0.374 e. The van der Waals surface area contributed by atoms with Crippen LogP contribution in [0.5, 0.6) is 0 Å². The van der Waals surface area contributed by atoms with Crippen molar-refractivity contribution in [3.05, 3.63) is 0 Å². The fraction of sp³-hybridized carbons (Fsp3) is 0.917. The molecule has 0 aliphatic carbocycles. The fourth-order valence-corrected chi connectivity index (χ4v) is 1.80.